The highest BCUT2D eigenvalue weighted by atomic mass is 79.9. The van der Waals surface area contributed by atoms with Crippen LogP contribution >= 0.6 is 47.8 Å². The third-order valence-electron chi connectivity index (χ3n) is 4.18. The Morgan fingerprint density at radius 2 is 1.93 bits per heavy atom. The number of nitrogens with one attached hydrogen (secondary N) is 1. The van der Waals surface area contributed by atoms with Crippen LogP contribution in [0.25, 0.3) is 0 Å². The van der Waals surface area contributed by atoms with Gasteiger partial charge in [0.15, 0.2) is 0 Å². The first kappa shape index (κ1) is 22.1. The van der Waals surface area contributed by atoms with Gasteiger partial charge in [0, 0.05) is 16.4 Å². The minimum Gasteiger partial charge on any atom is -0.475 e. The molecule has 3 rings (SSSR count). The first-order valence-corrected chi connectivity index (χ1v) is 11.4. The summed E-state index contributed by atoms with van der Waals surface area (Å²) in [6, 6.07) is 9.62. The average Bonchev–Trinajstić information content (AvgIpc) is 2.67. The number of allylic oxidation sites excluding steroid dienone is 2. The van der Waals surface area contributed by atoms with Crippen molar-refractivity contribution in [2.24, 2.45) is 0 Å². The van der Waals surface area contributed by atoms with Crippen LogP contribution in [0.5, 0.6) is 5.88 Å². The molecule has 0 spiro atoms. The van der Waals surface area contributed by atoms with Crippen molar-refractivity contribution >= 4 is 59.6 Å². The Balaban J connectivity index is 2.30. The van der Waals surface area contributed by atoms with Crippen LogP contribution in [-0.4, -0.2) is 28.1 Å². The van der Waals surface area contributed by atoms with Gasteiger partial charge in [0.2, 0.25) is 5.88 Å². The second kappa shape index (κ2) is 9.49. The van der Waals surface area contributed by atoms with Crippen molar-refractivity contribution in [2.75, 3.05) is 12.4 Å². The van der Waals surface area contributed by atoms with E-state index in [1.54, 1.807) is 6.20 Å². The van der Waals surface area contributed by atoms with Crippen molar-refractivity contribution in [1.29, 1.82) is 0 Å². The molecule has 0 saturated carbocycles. The van der Waals surface area contributed by atoms with Crippen molar-refractivity contribution in [3.05, 3.63) is 63.6 Å². The van der Waals surface area contributed by atoms with Crippen molar-refractivity contribution in [3.8, 4) is 5.88 Å². The van der Waals surface area contributed by atoms with E-state index in [0.717, 1.165) is 21.3 Å². The zero-order valence-electron chi connectivity index (χ0n) is 15.9. The van der Waals surface area contributed by atoms with E-state index in [1.165, 1.54) is 7.11 Å². The van der Waals surface area contributed by atoms with E-state index in [-0.39, 0.29) is 9.84 Å². The Bertz CT molecular complexity index is 947. The van der Waals surface area contributed by atoms with Crippen molar-refractivity contribution in [3.63, 3.8) is 0 Å². The number of halogens is 3. The van der Waals surface area contributed by atoms with Gasteiger partial charge in [-0.1, -0.05) is 66.0 Å². The number of pyridine rings is 1. The van der Waals surface area contributed by atoms with Gasteiger partial charge in [-0.15, -0.1) is 0 Å². The molecular formula is C20H19Br3N2O4. The fourth-order valence-electron chi connectivity index (χ4n) is 3.07. The maximum atomic E-state index is 12.1. The molecule has 0 fully saturated rings. The van der Waals surface area contributed by atoms with Gasteiger partial charge in [-0.3, -0.25) is 0 Å². The molecule has 1 aliphatic heterocycles. The number of rotatable bonds is 5. The molecule has 2 heterocycles. The Morgan fingerprint density at radius 1 is 1.21 bits per heavy atom. The van der Waals surface area contributed by atoms with E-state index in [9.17, 15) is 4.79 Å². The second-order valence-corrected chi connectivity index (χ2v) is 10.4. The summed E-state index contributed by atoms with van der Waals surface area (Å²) >= 11 is 10.7. The summed E-state index contributed by atoms with van der Waals surface area (Å²) in [5.74, 6) is 0.393. The molecule has 0 aliphatic carbocycles. The fourth-order valence-corrected chi connectivity index (χ4v) is 4.26. The molecule has 0 radical (unpaired) electrons. The zero-order valence-corrected chi connectivity index (χ0v) is 20.7. The van der Waals surface area contributed by atoms with E-state index < -0.39 is 12.1 Å². The van der Waals surface area contributed by atoms with E-state index in [4.69, 9.17) is 14.2 Å². The first-order chi connectivity index (χ1) is 13.8. The first-order valence-electron chi connectivity index (χ1n) is 8.78. The second-order valence-electron chi connectivity index (χ2n) is 6.46. The zero-order chi connectivity index (χ0) is 21.1. The highest BCUT2D eigenvalue weighted by Gasteiger charge is 2.38. The number of hydrogen-bond acceptors (Lipinski definition) is 6. The number of hydrogen-bond donors (Lipinski definition) is 1. The molecular weight excluding hydrogens is 572 g/mol. The molecule has 6 nitrogen and oxygen atoms in total. The topological polar surface area (TPSA) is 69.7 Å². The van der Waals surface area contributed by atoms with Crippen LogP contribution in [-0.2, 0) is 9.47 Å². The monoisotopic (exact) mass is 588 g/mol. The lowest BCUT2D eigenvalue weighted by atomic mass is 9.86. The number of benzene rings is 1. The number of methoxy groups -OCH3 is 1. The van der Waals surface area contributed by atoms with E-state index in [2.05, 4.69) is 58.1 Å². The minimum atomic E-state index is -0.810. The maximum absolute atomic E-state index is 12.1. The van der Waals surface area contributed by atoms with Gasteiger partial charge in [-0.25, -0.2) is 9.78 Å². The number of anilines is 1. The third-order valence-corrected chi connectivity index (χ3v) is 5.82. The number of aromatic nitrogens is 1. The normalized spacial score (nSPS) is 15.8. The number of carbonyl (C=O) groups is 1. The summed E-state index contributed by atoms with van der Waals surface area (Å²) in [5, 5.41) is 3.33. The molecule has 1 unspecified atom stereocenters. The summed E-state index contributed by atoms with van der Waals surface area (Å²) in [6.07, 6.45) is 0.794. The number of fused-ring (bicyclic) bond motifs is 1. The lowest BCUT2D eigenvalue weighted by molar-refractivity contribution is 0.0926. The number of nitrogens with zero attached hydrogens (tertiary/aromatic N) is 1. The van der Waals surface area contributed by atoms with Gasteiger partial charge in [0.25, 0.3) is 0 Å². The van der Waals surface area contributed by atoms with Crippen molar-refractivity contribution in [2.45, 2.75) is 29.6 Å². The predicted molar refractivity (Wildman–Crippen MR) is 122 cm³/mol. The Kier molecular flexibility index (Phi) is 7.23. The lowest BCUT2D eigenvalue weighted by Gasteiger charge is -2.33. The number of alkyl halides is 2. The van der Waals surface area contributed by atoms with Crippen LogP contribution < -0.4 is 10.1 Å². The Hall–Kier alpha value is -1.58. The number of ether oxygens (including phenoxy) is 3. The van der Waals surface area contributed by atoms with Crippen molar-refractivity contribution in [1.82, 2.24) is 4.98 Å². The molecule has 0 bridgehead atoms. The Morgan fingerprint density at radius 3 is 2.55 bits per heavy atom. The summed E-state index contributed by atoms with van der Waals surface area (Å²) in [7, 11) is 1.27. The molecule has 1 aromatic heterocycles. The summed E-state index contributed by atoms with van der Waals surface area (Å²) < 4.78 is 17.0. The molecule has 9 heteroatoms. The van der Waals surface area contributed by atoms with Crippen LogP contribution in [0.2, 0.25) is 0 Å². The number of carbonyl (C=O) groups excluding carboxylic acids is 1. The summed E-state index contributed by atoms with van der Waals surface area (Å²) in [5.41, 5.74) is 3.13. The molecule has 1 aliphatic rings. The summed E-state index contributed by atoms with van der Waals surface area (Å²) in [4.78, 5) is 16.5. The van der Waals surface area contributed by atoms with Crippen LogP contribution in [0.4, 0.5) is 10.5 Å². The molecule has 154 valence electrons. The largest absolute Gasteiger partial charge is 0.513 e. The SMILES string of the molecule is COC(=O)OC1=C(C(Br)Br)Nc2ccnc(OC(C)C)c2C1c1ccccc1Br. The third kappa shape index (κ3) is 4.78. The van der Waals surface area contributed by atoms with Crippen LogP contribution in [0.15, 0.2) is 52.5 Å². The van der Waals surface area contributed by atoms with E-state index in [0.29, 0.717) is 17.3 Å². The molecule has 29 heavy (non-hydrogen) atoms. The predicted octanol–water partition coefficient (Wildman–Crippen LogP) is 6.30. The molecule has 1 atom stereocenters. The van der Waals surface area contributed by atoms with Crippen LogP contribution in [0, 0.1) is 0 Å². The molecule has 1 aromatic carbocycles. The standard InChI is InChI=1S/C20H19Br3N2O4/c1-10(2)28-19-15-13(8-9-24-19)25-16(18(22)23)17(29-20(26)27-3)14(15)11-6-4-5-7-12(11)21/h4-10,14,18,25H,1-3H3. The molecule has 1 N–H and O–H groups in total. The van der Waals surface area contributed by atoms with Gasteiger partial charge in [-0.05, 0) is 31.5 Å². The van der Waals surface area contributed by atoms with Gasteiger partial charge >= 0.3 is 6.16 Å². The van der Waals surface area contributed by atoms with E-state index in [1.807, 2.05) is 44.2 Å². The quantitative estimate of drug-likeness (QED) is 0.326. The molecule has 0 saturated heterocycles. The highest BCUT2D eigenvalue weighted by molar-refractivity contribution is 9.24. The van der Waals surface area contributed by atoms with Gasteiger partial charge < -0.3 is 19.5 Å². The Labute approximate surface area is 194 Å². The molecule has 2 aromatic rings. The maximum Gasteiger partial charge on any atom is 0.513 e. The van der Waals surface area contributed by atoms with Crippen molar-refractivity contribution < 1.29 is 19.0 Å². The average molecular weight is 591 g/mol. The fraction of sp³-hybridized carbons (Fsp3) is 0.300. The smallest absolute Gasteiger partial charge is 0.475 e. The van der Waals surface area contributed by atoms with Gasteiger partial charge in [0.1, 0.15) is 9.50 Å². The highest BCUT2D eigenvalue weighted by Crippen LogP contribution is 2.49. The minimum absolute atomic E-state index is 0.0793. The van der Waals surface area contributed by atoms with Gasteiger partial charge in [0.05, 0.1) is 30.4 Å². The molecule has 0 amide bonds. The van der Waals surface area contributed by atoms with E-state index >= 15 is 0 Å². The van der Waals surface area contributed by atoms with Crippen LogP contribution in [0.3, 0.4) is 0 Å². The summed E-state index contributed by atoms with van der Waals surface area (Å²) in [6.45, 7) is 3.87. The van der Waals surface area contributed by atoms with Crippen LogP contribution in [0.1, 0.15) is 30.9 Å². The van der Waals surface area contributed by atoms with Gasteiger partial charge in [-0.2, -0.15) is 0 Å². The lowest BCUT2D eigenvalue weighted by Crippen LogP contribution is -2.26.